The summed E-state index contributed by atoms with van der Waals surface area (Å²) >= 11 is 6.24. The summed E-state index contributed by atoms with van der Waals surface area (Å²) in [6.07, 6.45) is 3.56. The third-order valence-electron chi connectivity index (χ3n) is 5.63. The molecule has 2 N–H and O–H groups in total. The summed E-state index contributed by atoms with van der Waals surface area (Å²) in [5.41, 5.74) is -0.167. The molecule has 3 aromatic rings. The Morgan fingerprint density at radius 2 is 2.00 bits per heavy atom. The number of carbonyl (C=O) groups excluding carboxylic acids is 1. The van der Waals surface area contributed by atoms with Gasteiger partial charge in [-0.1, -0.05) is 35.9 Å². The first-order valence-electron chi connectivity index (χ1n) is 9.97. The molecule has 2 aromatic carbocycles. The Bertz CT molecular complexity index is 1280. The van der Waals surface area contributed by atoms with E-state index in [0.717, 1.165) is 15.1 Å². The molecule has 0 spiro atoms. The van der Waals surface area contributed by atoms with Crippen LogP contribution in [0.3, 0.4) is 0 Å². The molecule has 1 unspecified atom stereocenters. The number of ether oxygens (including phenoxy) is 1. The minimum Gasteiger partial charge on any atom is -0.493 e. The standard InChI is InChI=1S/C22H23ClN4O4S/c1-27(2)32(29,30)25-14-22(9-10-31-20-8-7-16(23)11-18(20)22)21(28)26-19-13-24-12-15-5-3-4-6-17(15)19/h3-8,11-13,25H,9-10,14H2,1-2H3,(H,26,28). The number of rotatable bonds is 6. The van der Waals surface area contributed by atoms with Gasteiger partial charge in [0, 0.05) is 54.6 Å². The highest BCUT2D eigenvalue weighted by atomic mass is 35.5. The van der Waals surface area contributed by atoms with Gasteiger partial charge in [-0.25, -0.2) is 4.72 Å². The van der Waals surface area contributed by atoms with Gasteiger partial charge in [-0.05, 0) is 18.2 Å². The molecule has 1 aliphatic rings. The number of benzene rings is 2. The zero-order chi connectivity index (χ0) is 22.9. The smallest absolute Gasteiger partial charge is 0.278 e. The summed E-state index contributed by atoms with van der Waals surface area (Å²) in [4.78, 5) is 18.0. The normalized spacial score (nSPS) is 18.2. The molecule has 0 radical (unpaired) electrons. The van der Waals surface area contributed by atoms with Crippen molar-refractivity contribution in [1.29, 1.82) is 0 Å². The van der Waals surface area contributed by atoms with E-state index in [0.29, 0.717) is 22.0 Å². The molecule has 32 heavy (non-hydrogen) atoms. The van der Waals surface area contributed by atoms with E-state index in [1.807, 2.05) is 24.3 Å². The molecule has 168 valence electrons. The predicted molar refractivity (Wildman–Crippen MR) is 124 cm³/mol. The number of anilines is 1. The number of nitrogens with one attached hydrogen (secondary N) is 2. The summed E-state index contributed by atoms with van der Waals surface area (Å²) in [5.74, 6) is 0.125. The van der Waals surface area contributed by atoms with Gasteiger partial charge in [-0.3, -0.25) is 9.78 Å². The van der Waals surface area contributed by atoms with Gasteiger partial charge in [0.25, 0.3) is 10.2 Å². The van der Waals surface area contributed by atoms with Crippen LogP contribution in [0, 0.1) is 0 Å². The van der Waals surface area contributed by atoms with Crippen molar-refractivity contribution in [3.63, 3.8) is 0 Å². The first-order valence-corrected chi connectivity index (χ1v) is 11.8. The highest BCUT2D eigenvalue weighted by Gasteiger charge is 2.45. The van der Waals surface area contributed by atoms with Crippen molar-refractivity contribution in [2.45, 2.75) is 11.8 Å². The average molecular weight is 475 g/mol. The molecule has 10 heteroatoms. The molecule has 1 amide bonds. The second-order valence-corrected chi connectivity index (χ2v) is 10.2. The Hall–Kier alpha value is -2.72. The van der Waals surface area contributed by atoms with Crippen LogP contribution in [0.5, 0.6) is 5.75 Å². The molecule has 1 aromatic heterocycles. The monoisotopic (exact) mass is 474 g/mol. The molecule has 0 saturated heterocycles. The number of hydrogen-bond donors (Lipinski definition) is 2. The van der Waals surface area contributed by atoms with Crippen LogP contribution < -0.4 is 14.8 Å². The quantitative estimate of drug-likeness (QED) is 0.572. The average Bonchev–Trinajstić information content (AvgIpc) is 2.78. The summed E-state index contributed by atoms with van der Waals surface area (Å²) in [6, 6.07) is 12.6. The van der Waals surface area contributed by atoms with Crippen LogP contribution in [0.15, 0.2) is 54.9 Å². The van der Waals surface area contributed by atoms with Gasteiger partial charge >= 0.3 is 0 Å². The van der Waals surface area contributed by atoms with Gasteiger partial charge in [0.2, 0.25) is 5.91 Å². The summed E-state index contributed by atoms with van der Waals surface area (Å²) in [7, 11) is -0.928. The van der Waals surface area contributed by atoms with E-state index < -0.39 is 15.6 Å². The number of hydrogen-bond acceptors (Lipinski definition) is 5. The minimum atomic E-state index is -3.77. The lowest BCUT2D eigenvalue weighted by atomic mass is 9.75. The third kappa shape index (κ3) is 4.16. The fourth-order valence-corrected chi connectivity index (χ4v) is 4.63. The zero-order valence-electron chi connectivity index (χ0n) is 17.6. The second kappa shape index (κ2) is 8.67. The number of halogens is 1. The zero-order valence-corrected chi connectivity index (χ0v) is 19.2. The van der Waals surface area contributed by atoms with Crippen molar-refractivity contribution in [2.24, 2.45) is 0 Å². The predicted octanol–water partition coefficient (Wildman–Crippen LogP) is 2.94. The maximum Gasteiger partial charge on any atom is 0.278 e. The summed E-state index contributed by atoms with van der Waals surface area (Å²) < 4.78 is 34.3. The molecule has 0 bridgehead atoms. The van der Waals surface area contributed by atoms with E-state index in [-0.39, 0.29) is 25.5 Å². The maximum atomic E-state index is 13.8. The molecular formula is C22H23ClN4O4S. The lowest BCUT2D eigenvalue weighted by Crippen LogP contribution is -2.53. The van der Waals surface area contributed by atoms with Gasteiger partial charge < -0.3 is 10.1 Å². The van der Waals surface area contributed by atoms with Gasteiger partial charge in [-0.15, -0.1) is 0 Å². The van der Waals surface area contributed by atoms with Crippen LogP contribution in [0.25, 0.3) is 10.8 Å². The second-order valence-electron chi connectivity index (χ2n) is 7.79. The van der Waals surface area contributed by atoms with Crippen molar-refractivity contribution in [3.05, 3.63) is 65.4 Å². The van der Waals surface area contributed by atoms with Crippen molar-refractivity contribution >= 4 is 44.2 Å². The highest BCUT2D eigenvalue weighted by Crippen LogP contribution is 2.41. The van der Waals surface area contributed by atoms with Crippen LogP contribution in [0.4, 0.5) is 5.69 Å². The maximum absolute atomic E-state index is 13.8. The number of amides is 1. The first kappa shape index (κ1) is 22.5. The Balaban J connectivity index is 1.78. The topological polar surface area (TPSA) is 101 Å². The fraction of sp³-hybridized carbons (Fsp3) is 0.273. The van der Waals surface area contributed by atoms with Crippen molar-refractivity contribution in [2.75, 3.05) is 32.6 Å². The lowest BCUT2D eigenvalue weighted by Gasteiger charge is -2.38. The van der Waals surface area contributed by atoms with Gasteiger partial charge in [0.15, 0.2) is 0 Å². The molecule has 0 saturated carbocycles. The third-order valence-corrected chi connectivity index (χ3v) is 7.34. The number of nitrogens with zero attached hydrogens (tertiary/aromatic N) is 2. The van der Waals surface area contributed by atoms with Crippen LogP contribution in [0.1, 0.15) is 12.0 Å². The molecule has 1 aliphatic heterocycles. The highest BCUT2D eigenvalue weighted by molar-refractivity contribution is 7.87. The van der Waals surface area contributed by atoms with Crippen molar-refractivity contribution in [3.8, 4) is 5.75 Å². The molecular weight excluding hydrogens is 452 g/mol. The van der Waals surface area contributed by atoms with Gasteiger partial charge in [-0.2, -0.15) is 12.7 Å². The SMILES string of the molecule is CN(C)S(=O)(=O)NCC1(C(=O)Nc2cncc3ccccc23)CCOc2ccc(Cl)cc21. The number of carbonyl (C=O) groups is 1. The van der Waals surface area contributed by atoms with Gasteiger partial charge in [0.1, 0.15) is 5.75 Å². The summed E-state index contributed by atoms with van der Waals surface area (Å²) in [6.45, 7) is 0.0910. The van der Waals surface area contributed by atoms with E-state index in [1.54, 1.807) is 30.6 Å². The van der Waals surface area contributed by atoms with Crippen LogP contribution in [-0.2, 0) is 20.4 Å². The Kier molecular flexibility index (Phi) is 6.09. The number of aromatic nitrogens is 1. The van der Waals surface area contributed by atoms with Crippen molar-refractivity contribution < 1.29 is 17.9 Å². The Morgan fingerprint density at radius 3 is 2.78 bits per heavy atom. The minimum absolute atomic E-state index is 0.158. The van der Waals surface area contributed by atoms with Crippen LogP contribution in [0.2, 0.25) is 5.02 Å². The Morgan fingerprint density at radius 1 is 1.22 bits per heavy atom. The Labute approximate surface area is 191 Å². The van der Waals surface area contributed by atoms with E-state index in [2.05, 4.69) is 15.0 Å². The number of fused-ring (bicyclic) bond motifs is 2. The molecule has 0 aliphatic carbocycles. The summed E-state index contributed by atoms with van der Waals surface area (Å²) in [5, 5.41) is 5.11. The largest absolute Gasteiger partial charge is 0.493 e. The van der Waals surface area contributed by atoms with E-state index in [4.69, 9.17) is 16.3 Å². The van der Waals surface area contributed by atoms with Crippen LogP contribution in [-0.4, -0.2) is 50.9 Å². The van der Waals surface area contributed by atoms with Crippen LogP contribution >= 0.6 is 11.6 Å². The number of pyridine rings is 1. The molecule has 2 heterocycles. The molecule has 4 rings (SSSR count). The lowest BCUT2D eigenvalue weighted by molar-refractivity contribution is -0.122. The molecule has 0 fully saturated rings. The van der Waals surface area contributed by atoms with Crippen molar-refractivity contribution in [1.82, 2.24) is 14.0 Å². The molecule has 1 atom stereocenters. The van der Waals surface area contributed by atoms with E-state index >= 15 is 0 Å². The van der Waals surface area contributed by atoms with E-state index in [1.165, 1.54) is 14.1 Å². The van der Waals surface area contributed by atoms with Gasteiger partial charge in [0.05, 0.1) is 23.9 Å². The molecule has 8 nitrogen and oxygen atoms in total. The fourth-order valence-electron chi connectivity index (χ4n) is 3.77. The first-order chi connectivity index (χ1) is 15.2. The van der Waals surface area contributed by atoms with E-state index in [9.17, 15) is 13.2 Å².